The first-order valence-electron chi connectivity index (χ1n) is 16.1. The van der Waals surface area contributed by atoms with Gasteiger partial charge in [0.15, 0.2) is 5.60 Å². The third-order valence-electron chi connectivity index (χ3n) is 9.72. The van der Waals surface area contributed by atoms with Gasteiger partial charge in [0.05, 0.1) is 0 Å². The minimum atomic E-state index is -0.835. The van der Waals surface area contributed by atoms with E-state index in [1.807, 2.05) is 6.07 Å². The number of anilines is 2. The minimum Gasteiger partial charge on any atom is -0.472 e. The molecule has 5 aromatic rings. The minimum absolute atomic E-state index is 0.734. The van der Waals surface area contributed by atoms with Crippen LogP contribution in [0.2, 0.25) is 5.02 Å². The summed E-state index contributed by atoms with van der Waals surface area (Å²) >= 11 is 6.93. The highest BCUT2D eigenvalue weighted by molar-refractivity contribution is 6.36. The number of halogens is 1. The van der Waals surface area contributed by atoms with Gasteiger partial charge in [-0.2, -0.15) is 0 Å². The van der Waals surface area contributed by atoms with E-state index in [1.165, 1.54) is 43.5 Å². The summed E-state index contributed by atoms with van der Waals surface area (Å²) in [6.45, 7) is 4.49. The van der Waals surface area contributed by atoms with Gasteiger partial charge >= 0.3 is 0 Å². The van der Waals surface area contributed by atoms with Gasteiger partial charge in [-0.1, -0.05) is 90.5 Å². The number of rotatable bonds is 5. The third-order valence-corrected chi connectivity index (χ3v) is 10.0. The van der Waals surface area contributed by atoms with E-state index in [-0.39, 0.29) is 0 Å². The van der Waals surface area contributed by atoms with E-state index in [9.17, 15) is 0 Å². The quantitative estimate of drug-likeness (QED) is 0.201. The average Bonchev–Trinajstić information content (AvgIpc) is 3.65. The third kappa shape index (κ3) is 4.75. The number of piperidine rings is 1. The molecule has 2 fully saturated rings. The molecule has 0 aromatic heterocycles. The molecule has 0 saturated carbocycles. The van der Waals surface area contributed by atoms with Gasteiger partial charge in [0.2, 0.25) is 0 Å². The summed E-state index contributed by atoms with van der Waals surface area (Å²) in [6, 6.07) is 39.3. The number of ether oxygens (including phenoxy) is 1. The number of hydrogen-bond acceptors (Lipinski definition) is 3. The van der Waals surface area contributed by atoms with Crippen molar-refractivity contribution in [2.75, 3.05) is 36.0 Å². The van der Waals surface area contributed by atoms with Crippen LogP contribution < -0.4 is 14.5 Å². The topological polar surface area (TPSA) is 15.7 Å². The van der Waals surface area contributed by atoms with Crippen molar-refractivity contribution < 1.29 is 4.74 Å². The molecule has 4 heteroatoms. The molecule has 3 aliphatic rings. The molecule has 3 nitrogen and oxygen atoms in total. The van der Waals surface area contributed by atoms with Crippen LogP contribution in [0.3, 0.4) is 0 Å². The second-order valence-corrected chi connectivity index (χ2v) is 12.8. The first-order chi connectivity index (χ1) is 21.7. The predicted molar refractivity (Wildman–Crippen MR) is 184 cm³/mol. The molecule has 0 aliphatic carbocycles. The van der Waals surface area contributed by atoms with Gasteiger partial charge in [-0.25, -0.2) is 0 Å². The molecule has 5 aromatic carbocycles. The largest absolute Gasteiger partial charge is 0.472 e. The zero-order valence-electron chi connectivity index (χ0n) is 25.0. The molecule has 0 amide bonds. The van der Waals surface area contributed by atoms with E-state index in [0.717, 1.165) is 75.6 Å². The second kappa shape index (κ2) is 11.4. The van der Waals surface area contributed by atoms with Gasteiger partial charge in [0.1, 0.15) is 5.75 Å². The summed E-state index contributed by atoms with van der Waals surface area (Å²) in [4.78, 5) is 5.00. The highest BCUT2D eigenvalue weighted by Gasteiger charge is 2.41. The lowest BCUT2D eigenvalue weighted by Gasteiger charge is -2.39. The highest BCUT2D eigenvalue weighted by Crippen LogP contribution is 2.51. The molecular formula is C40H37ClN2O. The van der Waals surface area contributed by atoms with Crippen LogP contribution in [-0.2, 0) is 5.60 Å². The van der Waals surface area contributed by atoms with Gasteiger partial charge < -0.3 is 14.5 Å². The normalized spacial score (nSPS) is 19.9. The van der Waals surface area contributed by atoms with Gasteiger partial charge in [-0.15, -0.1) is 0 Å². The van der Waals surface area contributed by atoms with Crippen molar-refractivity contribution in [3.8, 4) is 5.75 Å². The molecule has 44 heavy (non-hydrogen) atoms. The average molecular weight is 597 g/mol. The predicted octanol–water partition coefficient (Wildman–Crippen LogP) is 9.85. The Balaban J connectivity index is 1.35. The Kier molecular flexibility index (Phi) is 7.07. The lowest BCUT2D eigenvalue weighted by Crippen LogP contribution is -2.36. The van der Waals surface area contributed by atoms with Crippen molar-refractivity contribution >= 4 is 39.3 Å². The van der Waals surface area contributed by atoms with Gasteiger partial charge in [0, 0.05) is 70.0 Å². The summed E-state index contributed by atoms with van der Waals surface area (Å²) in [7, 11) is 0. The Bertz CT molecular complexity index is 1820. The Morgan fingerprint density at radius 3 is 1.68 bits per heavy atom. The molecule has 220 valence electrons. The summed E-state index contributed by atoms with van der Waals surface area (Å²) in [5.74, 6) is 0.870. The Hall–Kier alpha value is -4.21. The van der Waals surface area contributed by atoms with Crippen LogP contribution in [0.1, 0.15) is 54.4 Å². The summed E-state index contributed by atoms with van der Waals surface area (Å²) in [5.41, 5.74) is 7.26. The maximum Gasteiger partial charge on any atom is 0.178 e. The number of benzene rings is 5. The standard InChI is InChI=1S/C40H37ClN2O/c41-38-27-36-37(29-11-3-1-4-12-29)28-40(44-39(36)35-14-6-5-13-34(35)38,31-17-21-33(22-18-31)43-25-9-10-26-43)30-15-19-32(20-16-30)42-23-7-2-8-24-42/h1,3-6,11-22,27-28H,2,7-10,23-26H2. The zero-order valence-corrected chi connectivity index (χ0v) is 25.8. The van der Waals surface area contributed by atoms with Gasteiger partial charge in [0.25, 0.3) is 0 Å². The lowest BCUT2D eigenvalue weighted by molar-refractivity contribution is 0.163. The molecule has 0 bridgehead atoms. The monoisotopic (exact) mass is 596 g/mol. The maximum absolute atomic E-state index is 7.40. The first kappa shape index (κ1) is 27.3. The van der Waals surface area contributed by atoms with Gasteiger partial charge in [-0.3, -0.25) is 0 Å². The molecule has 0 N–H and O–H groups in total. The van der Waals surface area contributed by atoms with E-state index in [4.69, 9.17) is 16.3 Å². The summed E-state index contributed by atoms with van der Waals surface area (Å²) < 4.78 is 7.40. The van der Waals surface area contributed by atoms with E-state index in [0.29, 0.717) is 0 Å². The number of nitrogens with zero attached hydrogens (tertiary/aromatic N) is 2. The fourth-order valence-corrected chi connectivity index (χ4v) is 7.63. The molecule has 1 atom stereocenters. The Morgan fingerprint density at radius 1 is 0.568 bits per heavy atom. The van der Waals surface area contributed by atoms with Crippen LogP contribution in [0.5, 0.6) is 5.75 Å². The number of hydrogen-bond donors (Lipinski definition) is 0. The van der Waals surface area contributed by atoms with E-state index in [1.54, 1.807) is 0 Å². The Morgan fingerprint density at radius 2 is 1.09 bits per heavy atom. The van der Waals surface area contributed by atoms with E-state index in [2.05, 4.69) is 119 Å². The van der Waals surface area contributed by atoms with Crippen LogP contribution in [0, 0.1) is 0 Å². The molecule has 3 heterocycles. The van der Waals surface area contributed by atoms with Crippen LogP contribution in [0.4, 0.5) is 11.4 Å². The molecule has 0 radical (unpaired) electrons. The van der Waals surface area contributed by atoms with Crippen LogP contribution in [0.25, 0.3) is 16.3 Å². The smallest absolute Gasteiger partial charge is 0.178 e. The molecule has 1 unspecified atom stereocenters. The fourth-order valence-electron chi connectivity index (χ4n) is 7.36. The van der Waals surface area contributed by atoms with Crippen LogP contribution in [0.15, 0.2) is 115 Å². The van der Waals surface area contributed by atoms with Gasteiger partial charge in [-0.05, 0) is 79.6 Å². The second-order valence-electron chi connectivity index (χ2n) is 12.4. The molecule has 0 spiro atoms. The summed E-state index contributed by atoms with van der Waals surface area (Å²) in [5, 5.41) is 2.76. The van der Waals surface area contributed by atoms with Crippen LogP contribution in [-0.4, -0.2) is 26.2 Å². The van der Waals surface area contributed by atoms with Crippen molar-refractivity contribution in [1.82, 2.24) is 0 Å². The molecule has 2 saturated heterocycles. The fraction of sp³-hybridized carbons (Fsp3) is 0.250. The van der Waals surface area contributed by atoms with Crippen molar-refractivity contribution in [3.63, 3.8) is 0 Å². The van der Waals surface area contributed by atoms with Crippen molar-refractivity contribution in [3.05, 3.63) is 143 Å². The molecular weight excluding hydrogens is 560 g/mol. The van der Waals surface area contributed by atoms with Crippen molar-refractivity contribution in [2.24, 2.45) is 0 Å². The van der Waals surface area contributed by atoms with Crippen LogP contribution >= 0.6 is 11.6 Å². The maximum atomic E-state index is 7.40. The molecule has 8 rings (SSSR count). The SMILES string of the molecule is Clc1cc2c(c3ccccc13)OC(c1ccc(N3CCCCC3)cc1)(c1ccc(N3CCCC3)cc1)C=C2c1ccccc1. The molecule has 3 aliphatic heterocycles. The highest BCUT2D eigenvalue weighted by atomic mass is 35.5. The Labute approximate surface area is 265 Å². The summed E-state index contributed by atoms with van der Waals surface area (Å²) in [6.07, 6.45) is 8.68. The van der Waals surface area contributed by atoms with E-state index >= 15 is 0 Å². The lowest BCUT2D eigenvalue weighted by atomic mass is 9.79. The van der Waals surface area contributed by atoms with Crippen molar-refractivity contribution in [2.45, 2.75) is 37.7 Å². The first-order valence-corrected chi connectivity index (χ1v) is 16.5. The van der Waals surface area contributed by atoms with E-state index < -0.39 is 5.60 Å². The van der Waals surface area contributed by atoms with Crippen molar-refractivity contribution in [1.29, 1.82) is 0 Å². The number of fused-ring (bicyclic) bond motifs is 3. The zero-order chi connectivity index (χ0) is 29.5.